The number of hydrogen-bond donors (Lipinski definition) is 2. The molecule has 1 unspecified atom stereocenters. The minimum Gasteiger partial charge on any atom is -0.350 e. The van der Waals surface area contributed by atoms with Crippen molar-refractivity contribution in [2.24, 2.45) is 0 Å². The van der Waals surface area contributed by atoms with Gasteiger partial charge in [0.1, 0.15) is 0 Å². The summed E-state index contributed by atoms with van der Waals surface area (Å²) in [6, 6.07) is 0.527. The van der Waals surface area contributed by atoms with Gasteiger partial charge in [0.05, 0.1) is 6.54 Å². The monoisotopic (exact) mass is 255 g/mol. The first-order valence-electron chi connectivity index (χ1n) is 7.20. The fraction of sp³-hybridized carbons (Fsp3) is 0.929. The summed E-state index contributed by atoms with van der Waals surface area (Å²) in [4.78, 5) is 14.2. The fourth-order valence-electron chi connectivity index (χ4n) is 2.22. The molecule has 0 bridgehead atoms. The number of amides is 1. The van der Waals surface area contributed by atoms with Gasteiger partial charge in [-0.1, -0.05) is 6.92 Å². The van der Waals surface area contributed by atoms with E-state index >= 15 is 0 Å². The minimum absolute atomic E-state index is 0.0930. The van der Waals surface area contributed by atoms with Crippen LogP contribution in [0.25, 0.3) is 0 Å². The molecule has 1 rings (SSSR count). The largest absolute Gasteiger partial charge is 0.350 e. The lowest BCUT2D eigenvalue weighted by atomic mass is 10.0. The minimum atomic E-state index is -0.0979. The van der Waals surface area contributed by atoms with Crippen LogP contribution in [0.3, 0.4) is 0 Å². The van der Waals surface area contributed by atoms with E-state index < -0.39 is 0 Å². The van der Waals surface area contributed by atoms with Gasteiger partial charge in [-0.2, -0.15) is 0 Å². The summed E-state index contributed by atoms with van der Waals surface area (Å²) in [5.41, 5.74) is -0.0979. The van der Waals surface area contributed by atoms with Crippen LogP contribution in [-0.4, -0.2) is 48.6 Å². The maximum Gasteiger partial charge on any atom is 0.234 e. The van der Waals surface area contributed by atoms with E-state index in [2.05, 4.69) is 43.2 Å². The van der Waals surface area contributed by atoms with Gasteiger partial charge >= 0.3 is 0 Å². The van der Waals surface area contributed by atoms with Crippen molar-refractivity contribution in [3.63, 3.8) is 0 Å². The molecule has 18 heavy (non-hydrogen) atoms. The van der Waals surface area contributed by atoms with Gasteiger partial charge in [-0.15, -0.1) is 0 Å². The van der Waals surface area contributed by atoms with Crippen LogP contribution in [-0.2, 0) is 4.79 Å². The van der Waals surface area contributed by atoms with Gasteiger partial charge < -0.3 is 10.6 Å². The van der Waals surface area contributed by atoms with Gasteiger partial charge in [-0.3, -0.25) is 9.69 Å². The molecule has 106 valence electrons. The molecule has 1 aliphatic rings. The first-order chi connectivity index (χ1) is 8.44. The van der Waals surface area contributed by atoms with Crippen molar-refractivity contribution in [2.45, 2.75) is 58.5 Å². The summed E-state index contributed by atoms with van der Waals surface area (Å²) in [5, 5.41) is 6.29. The highest BCUT2D eigenvalue weighted by atomic mass is 16.2. The Hall–Kier alpha value is -0.610. The van der Waals surface area contributed by atoms with Crippen molar-refractivity contribution in [2.75, 3.05) is 26.2 Å². The predicted octanol–water partition coefficient (Wildman–Crippen LogP) is 1.37. The number of carbonyl (C=O) groups excluding carboxylic acids is 1. The van der Waals surface area contributed by atoms with Gasteiger partial charge in [-0.05, 0) is 53.1 Å². The highest BCUT2D eigenvalue weighted by Gasteiger charge is 2.19. The third kappa shape index (κ3) is 5.36. The maximum absolute atomic E-state index is 11.7. The molecule has 1 saturated heterocycles. The number of nitrogens with one attached hydrogen (secondary N) is 2. The lowest BCUT2D eigenvalue weighted by molar-refractivity contribution is -0.121. The molecule has 1 fully saturated rings. The van der Waals surface area contributed by atoms with Crippen molar-refractivity contribution in [3.05, 3.63) is 0 Å². The topological polar surface area (TPSA) is 44.4 Å². The molecule has 0 aliphatic carbocycles. The van der Waals surface area contributed by atoms with Crippen molar-refractivity contribution < 1.29 is 4.79 Å². The van der Waals surface area contributed by atoms with Crippen LogP contribution in [0.1, 0.15) is 47.0 Å². The van der Waals surface area contributed by atoms with Crippen LogP contribution in [0.2, 0.25) is 0 Å². The molecule has 1 aliphatic heterocycles. The average Bonchev–Trinajstić information content (AvgIpc) is 2.81. The summed E-state index contributed by atoms with van der Waals surface area (Å²) in [6.45, 7) is 12.1. The number of carbonyl (C=O) groups is 1. The Bertz CT molecular complexity index is 260. The predicted molar refractivity (Wildman–Crippen MR) is 75.7 cm³/mol. The quantitative estimate of drug-likeness (QED) is 0.722. The van der Waals surface area contributed by atoms with E-state index in [1.807, 2.05) is 0 Å². The van der Waals surface area contributed by atoms with Gasteiger partial charge in [0.25, 0.3) is 0 Å². The van der Waals surface area contributed by atoms with E-state index in [-0.39, 0.29) is 11.4 Å². The van der Waals surface area contributed by atoms with Crippen molar-refractivity contribution in [3.8, 4) is 0 Å². The SMILES string of the molecule is CCC(C)(C)NC(=O)CNCC(C)N1CCCC1. The van der Waals surface area contributed by atoms with Crippen molar-refractivity contribution in [1.29, 1.82) is 0 Å². The molecule has 1 amide bonds. The van der Waals surface area contributed by atoms with Gasteiger partial charge in [0.15, 0.2) is 0 Å². The number of likely N-dealkylation sites (tertiary alicyclic amines) is 1. The summed E-state index contributed by atoms with van der Waals surface area (Å²) in [6.07, 6.45) is 3.58. The molecular formula is C14H29N3O. The number of hydrogen-bond acceptors (Lipinski definition) is 3. The van der Waals surface area contributed by atoms with E-state index in [4.69, 9.17) is 0 Å². The molecule has 1 heterocycles. The molecule has 0 aromatic carbocycles. The zero-order valence-electron chi connectivity index (χ0n) is 12.4. The van der Waals surface area contributed by atoms with Crippen LogP contribution in [0.5, 0.6) is 0 Å². The summed E-state index contributed by atoms with van der Waals surface area (Å²) >= 11 is 0. The van der Waals surface area contributed by atoms with E-state index in [0.717, 1.165) is 13.0 Å². The maximum atomic E-state index is 11.7. The van der Waals surface area contributed by atoms with Crippen LogP contribution in [0, 0.1) is 0 Å². The first-order valence-corrected chi connectivity index (χ1v) is 7.20. The molecule has 2 N–H and O–H groups in total. The third-order valence-corrected chi connectivity index (χ3v) is 3.85. The molecule has 4 heteroatoms. The summed E-state index contributed by atoms with van der Waals surface area (Å²) in [7, 11) is 0. The second-order valence-corrected chi connectivity index (χ2v) is 6.01. The molecule has 1 atom stereocenters. The third-order valence-electron chi connectivity index (χ3n) is 3.85. The highest BCUT2D eigenvalue weighted by molar-refractivity contribution is 5.78. The Morgan fingerprint density at radius 3 is 2.50 bits per heavy atom. The van der Waals surface area contributed by atoms with E-state index in [0.29, 0.717) is 12.6 Å². The Balaban J connectivity index is 2.15. The zero-order chi connectivity index (χ0) is 13.6. The van der Waals surface area contributed by atoms with Crippen LogP contribution < -0.4 is 10.6 Å². The second kappa shape index (κ2) is 7.10. The van der Waals surface area contributed by atoms with E-state index in [1.54, 1.807) is 0 Å². The molecular weight excluding hydrogens is 226 g/mol. The standard InChI is InChI=1S/C14H29N3O/c1-5-14(3,4)16-13(18)11-15-10-12(2)17-8-6-7-9-17/h12,15H,5-11H2,1-4H3,(H,16,18). The van der Waals surface area contributed by atoms with Gasteiger partial charge in [-0.25, -0.2) is 0 Å². The van der Waals surface area contributed by atoms with Crippen molar-refractivity contribution >= 4 is 5.91 Å². The number of nitrogens with zero attached hydrogens (tertiary/aromatic N) is 1. The van der Waals surface area contributed by atoms with Gasteiger partial charge in [0, 0.05) is 18.1 Å². The summed E-state index contributed by atoms with van der Waals surface area (Å²) in [5.74, 6) is 0.0930. The van der Waals surface area contributed by atoms with E-state index in [9.17, 15) is 4.79 Å². The van der Waals surface area contributed by atoms with Crippen LogP contribution >= 0.6 is 0 Å². The zero-order valence-corrected chi connectivity index (χ0v) is 12.4. The Morgan fingerprint density at radius 1 is 1.33 bits per heavy atom. The molecule has 0 saturated carbocycles. The van der Waals surface area contributed by atoms with Crippen LogP contribution in [0.4, 0.5) is 0 Å². The number of rotatable bonds is 7. The first kappa shape index (κ1) is 15.4. The lowest BCUT2D eigenvalue weighted by Crippen LogP contribution is -2.48. The molecule has 4 nitrogen and oxygen atoms in total. The summed E-state index contributed by atoms with van der Waals surface area (Å²) < 4.78 is 0. The molecule has 0 aromatic rings. The Morgan fingerprint density at radius 2 is 1.94 bits per heavy atom. The fourth-order valence-corrected chi connectivity index (χ4v) is 2.22. The molecule has 0 spiro atoms. The van der Waals surface area contributed by atoms with Crippen LogP contribution in [0.15, 0.2) is 0 Å². The average molecular weight is 255 g/mol. The molecule has 0 aromatic heterocycles. The normalized spacial score (nSPS) is 18.9. The van der Waals surface area contributed by atoms with E-state index in [1.165, 1.54) is 25.9 Å². The molecule has 0 radical (unpaired) electrons. The second-order valence-electron chi connectivity index (χ2n) is 6.01. The lowest BCUT2D eigenvalue weighted by Gasteiger charge is -2.26. The van der Waals surface area contributed by atoms with Gasteiger partial charge in [0.2, 0.25) is 5.91 Å². The highest BCUT2D eigenvalue weighted by Crippen LogP contribution is 2.10. The Kier molecular flexibility index (Phi) is 6.09. The smallest absolute Gasteiger partial charge is 0.234 e. The van der Waals surface area contributed by atoms with Crippen molar-refractivity contribution in [1.82, 2.24) is 15.5 Å². The Labute approximate surface area is 111 Å².